The maximum Gasteiger partial charge on any atom is 0.200 e. The molecule has 0 radical (unpaired) electrons. The first-order valence-corrected chi connectivity index (χ1v) is 8.85. The van der Waals surface area contributed by atoms with Crippen LogP contribution in [0.5, 0.6) is 11.5 Å². The SMILES string of the molecule is COc1cc2c(c3c1c(=O)c1ccccc1n3C)[C@H](O)[C@@H](Cl)C(C)(C)O2. The van der Waals surface area contributed by atoms with Crippen molar-refractivity contribution >= 4 is 33.4 Å². The van der Waals surface area contributed by atoms with E-state index in [0.717, 1.165) is 5.52 Å². The molecule has 0 spiro atoms. The molecule has 1 N–H and O–H groups in total. The van der Waals surface area contributed by atoms with E-state index in [1.54, 1.807) is 12.1 Å². The van der Waals surface area contributed by atoms with E-state index in [4.69, 9.17) is 21.1 Å². The lowest BCUT2D eigenvalue weighted by molar-refractivity contribution is 0.0177. The van der Waals surface area contributed by atoms with Crippen molar-refractivity contribution in [2.45, 2.75) is 30.9 Å². The molecule has 1 aromatic heterocycles. The van der Waals surface area contributed by atoms with E-state index in [1.165, 1.54) is 7.11 Å². The minimum Gasteiger partial charge on any atom is -0.496 e. The molecule has 0 saturated carbocycles. The number of aryl methyl sites for hydroxylation is 1. The first-order valence-electron chi connectivity index (χ1n) is 8.41. The molecular formula is C20H20ClNO4. The second kappa shape index (κ2) is 5.63. The van der Waals surface area contributed by atoms with Gasteiger partial charge in [-0.25, -0.2) is 0 Å². The first-order chi connectivity index (χ1) is 12.3. The largest absolute Gasteiger partial charge is 0.496 e. The molecule has 0 aliphatic carbocycles. The molecule has 2 atom stereocenters. The van der Waals surface area contributed by atoms with E-state index in [0.29, 0.717) is 33.4 Å². The van der Waals surface area contributed by atoms with Crippen molar-refractivity contribution in [3.05, 3.63) is 46.1 Å². The highest BCUT2D eigenvalue weighted by atomic mass is 35.5. The van der Waals surface area contributed by atoms with E-state index < -0.39 is 17.1 Å². The van der Waals surface area contributed by atoms with Crippen molar-refractivity contribution in [2.24, 2.45) is 7.05 Å². The van der Waals surface area contributed by atoms with Crippen molar-refractivity contribution in [3.8, 4) is 11.5 Å². The summed E-state index contributed by atoms with van der Waals surface area (Å²) in [6.45, 7) is 3.65. The fourth-order valence-corrected chi connectivity index (χ4v) is 3.99. The number of fused-ring (bicyclic) bond motifs is 4. The van der Waals surface area contributed by atoms with Crippen LogP contribution in [0.25, 0.3) is 21.8 Å². The van der Waals surface area contributed by atoms with E-state index >= 15 is 0 Å². The molecule has 136 valence electrons. The summed E-state index contributed by atoms with van der Waals surface area (Å²) in [7, 11) is 3.38. The lowest BCUT2D eigenvalue weighted by atomic mass is 9.89. The monoisotopic (exact) mass is 373 g/mol. The van der Waals surface area contributed by atoms with Gasteiger partial charge >= 0.3 is 0 Å². The van der Waals surface area contributed by atoms with Gasteiger partial charge < -0.3 is 19.1 Å². The smallest absolute Gasteiger partial charge is 0.200 e. The average Bonchev–Trinajstić information content (AvgIpc) is 2.62. The molecular weight excluding hydrogens is 354 g/mol. The lowest BCUT2D eigenvalue weighted by Gasteiger charge is -2.40. The van der Waals surface area contributed by atoms with E-state index in [9.17, 15) is 9.90 Å². The zero-order chi connectivity index (χ0) is 18.8. The minimum absolute atomic E-state index is 0.142. The van der Waals surface area contributed by atoms with Crippen LogP contribution in [-0.2, 0) is 7.05 Å². The number of pyridine rings is 1. The van der Waals surface area contributed by atoms with Gasteiger partial charge in [-0.1, -0.05) is 12.1 Å². The summed E-state index contributed by atoms with van der Waals surface area (Å²) in [5.41, 5.74) is 0.963. The molecule has 1 aliphatic heterocycles. The quantitative estimate of drug-likeness (QED) is 0.523. The Kier molecular flexibility index (Phi) is 3.72. The predicted molar refractivity (Wildman–Crippen MR) is 103 cm³/mol. The van der Waals surface area contributed by atoms with Crippen LogP contribution in [0.2, 0.25) is 0 Å². The lowest BCUT2D eigenvalue weighted by Crippen LogP contribution is -2.46. The second-order valence-corrected chi connectivity index (χ2v) is 7.64. The Morgan fingerprint density at radius 1 is 1.31 bits per heavy atom. The van der Waals surface area contributed by atoms with E-state index in [2.05, 4.69) is 0 Å². The van der Waals surface area contributed by atoms with Gasteiger partial charge in [0.1, 0.15) is 28.6 Å². The van der Waals surface area contributed by atoms with E-state index in [-0.39, 0.29) is 5.43 Å². The molecule has 0 fully saturated rings. The molecule has 2 heterocycles. The Hall–Kier alpha value is -2.24. The maximum atomic E-state index is 13.2. The summed E-state index contributed by atoms with van der Waals surface area (Å²) in [6.07, 6.45) is -0.976. The number of aliphatic hydroxyl groups is 1. The standard InChI is InChI=1S/C20H20ClNO4/c1-20(2)19(21)18(24)15-13(26-20)9-12(25-4)14-16(15)22(3)11-8-6-5-7-10(11)17(14)23/h5-9,18-19,24H,1-4H3/t18-,19+/m0/s1. The van der Waals surface area contributed by atoms with Crippen LogP contribution in [0.3, 0.4) is 0 Å². The number of methoxy groups -OCH3 is 1. The molecule has 4 rings (SSSR count). The third-order valence-electron chi connectivity index (χ3n) is 5.17. The molecule has 0 bridgehead atoms. The van der Waals surface area contributed by atoms with Gasteiger partial charge in [-0.05, 0) is 26.0 Å². The van der Waals surface area contributed by atoms with Gasteiger partial charge in [0.25, 0.3) is 0 Å². The van der Waals surface area contributed by atoms with Crippen molar-refractivity contribution in [3.63, 3.8) is 0 Å². The summed E-state index contributed by atoms with van der Waals surface area (Å²) in [5.74, 6) is 0.898. The number of aromatic nitrogens is 1. The molecule has 3 aromatic rings. The number of aliphatic hydroxyl groups excluding tert-OH is 1. The topological polar surface area (TPSA) is 60.7 Å². The molecule has 1 aliphatic rings. The zero-order valence-corrected chi connectivity index (χ0v) is 15.8. The van der Waals surface area contributed by atoms with Gasteiger partial charge in [-0.2, -0.15) is 0 Å². The highest BCUT2D eigenvalue weighted by Gasteiger charge is 2.44. The first kappa shape index (κ1) is 17.2. The van der Waals surface area contributed by atoms with Gasteiger partial charge in [0.2, 0.25) is 5.43 Å². The van der Waals surface area contributed by atoms with Gasteiger partial charge in [-0.15, -0.1) is 11.6 Å². The average molecular weight is 374 g/mol. The number of rotatable bonds is 1. The van der Waals surface area contributed by atoms with Crippen LogP contribution in [-0.4, -0.2) is 27.8 Å². The Labute approximate surface area is 155 Å². The highest BCUT2D eigenvalue weighted by molar-refractivity contribution is 6.22. The number of hydrogen-bond acceptors (Lipinski definition) is 4. The van der Waals surface area contributed by atoms with Crippen molar-refractivity contribution in [1.82, 2.24) is 4.57 Å². The number of nitrogens with zero attached hydrogens (tertiary/aromatic N) is 1. The summed E-state index contributed by atoms with van der Waals surface area (Å²) in [6, 6.07) is 9.04. The highest BCUT2D eigenvalue weighted by Crippen LogP contribution is 2.47. The van der Waals surface area contributed by atoms with Crippen LogP contribution < -0.4 is 14.9 Å². The fourth-order valence-electron chi connectivity index (χ4n) is 3.82. The van der Waals surface area contributed by atoms with Crippen LogP contribution in [0, 0.1) is 0 Å². The van der Waals surface area contributed by atoms with Crippen LogP contribution >= 0.6 is 11.6 Å². The fraction of sp³-hybridized carbons (Fsp3) is 0.350. The summed E-state index contributed by atoms with van der Waals surface area (Å²) in [4.78, 5) is 13.2. The zero-order valence-electron chi connectivity index (χ0n) is 15.0. The molecule has 26 heavy (non-hydrogen) atoms. The van der Waals surface area contributed by atoms with Gasteiger partial charge in [0, 0.05) is 24.1 Å². The van der Waals surface area contributed by atoms with Crippen molar-refractivity contribution in [1.29, 1.82) is 0 Å². The van der Waals surface area contributed by atoms with Crippen LogP contribution in [0.4, 0.5) is 0 Å². The Morgan fingerprint density at radius 2 is 2.00 bits per heavy atom. The van der Waals surface area contributed by atoms with Crippen LogP contribution in [0.1, 0.15) is 25.5 Å². The molecule has 0 amide bonds. The summed E-state index contributed by atoms with van der Waals surface area (Å²) >= 11 is 6.48. The third kappa shape index (κ3) is 2.17. The molecule has 6 heteroatoms. The number of hydrogen-bond donors (Lipinski definition) is 1. The molecule has 5 nitrogen and oxygen atoms in total. The maximum absolute atomic E-state index is 13.2. The number of ether oxygens (including phenoxy) is 2. The van der Waals surface area contributed by atoms with Crippen LogP contribution in [0.15, 0.2) is 35.1 Å². The minimum atomic E-state index is -0.976. The summed E-state index contributed by atoms with van der Waals surface area (Å²) in [5, 5.41) is 11.3. The number of halogens is 1. The summed E-state index contributed by atoms with van der Waals surface area (Å²) < 4.78 is 13.5. The molecule has 0 saturated heterocycles. The van der Waals surface area contributed by atoms with E-state index in [1.807, 2.05) is 43.7 Å². The number of benzene rings is 2. The Balaban J connectivity index is 2.25. The van der Waals surface area contributed by atoms with Gasteiger partial charge in [0.15, 0.2) is 0 Å². The molecule has 2 aromatic carbocycles. The molecule has 0 unspecified atom stereocenters. The van der Waals surface area contributed by atoms with Crippen molar-refractivity contribution in [2.75, 3.05) is 7.11 Å². The Morgan fingerprint density at radius 3 is 2.69 bits per heavy atom. The van der Waals surface area contributed by atoms with Gasteiger partial charge in [0.05, 0.1) is 23.5 Å². The van der Waals surface area contributed by atoms with Gasteiger partial charge in [-0.3, -0.25) is 4.79 Å². The predicted octanol–water partition coefficient (Wildman–Crippen LogP) is 3.51. The number of para-hydroxylation sites is 1. The Bertz CT molecular complexity index is 1100. The third-order valence-corrected chi connectivity index (χ3v) is 5.93. The number of alkyl halides is 1. The second-order valence-electron chi connectivity index (χ2n) is 7.17. The van der Waals surface area contributed by atoms with Crippen molar-refractivity contribution < 1.29 is 14.6 Å². The normalized spacial score (nSPS) is 21.5.